The van der Waals surface area contributed by atoms with Crippen LogP contribution in [0.15, 0.2) is 82.7 Å². The minimum absolute atomic E-state index is 0.00342. The van der Waals surface area contributed by atoms with Crippen molar-refractivity contribution < 1.29 is 24.2 Å². The van der Waals surface area contributed by atoms with Crippen LogP contribution in [0.25, 0.3) is 5.76 Å². The van der Waals surface area contributed by atoms with Crippen molar-refractivity contribution in [3.05, 3.63) is 101 Å². The Hall–Kier alpha value is -4.15. The van der Waals surface area contributed by atoms with E-state index < -0.39 is 17.7 Å². The molecule has 6 rings (SSSR count). The number of nitrogens with zero attached hydrogens (tertiary/aromatic N) is 3. The number of hydrogen-bond acceptors (Lipinski definition) is 9. The number of aliphatic hydroxyl groups excluding tert-OH is 1. The van der Waals surface area contributed by atoms with Gasteiger partial charge in [-0.15, -0.1) is 10.2 Å². The van der Waals surface area contributed by atoms with Crippen LogP contribution in [0.1, 0.15) is 55.0 Å². The van der Waals surface area contributed by atoms with Gasteiger partial charge in [0.05, 0.1) is 18.2 Å². The minimum atomic E-state index is -0.918. The highest BCUT2D eigenvalue weighted by Crippen LogP contribution is 2.45. The van der Waals surface area contributed by atoms with Crippen molar-refractivity contribution >= 4 is 45.7 Å². The molecule has 1 saturated heterocycles. The summed E-state index contributed by atoms with van der Waals surface area (Å²) in [6.45, 7) is 4.62. The monoisotopic (exact) mass is 613 g/mol. The van der Waals surface area contributed by atoms with Crippen LogP contribution in [0.4, 0.5) is 5.13 Å². The highest BCUT2D eigenvalue weighted by Gasteiger charge is 2.48. The molecule has 0 radical (unpaired) electrons. The summed E-state index contributed by atoms with van der Waals surface area (Å²) in [7, 11) is 0. The first-order valence-corrected chi connectivity index (χ1v) is 16.1. The van der Waals surface area contributed by atoms with Gasteiger partial charge in [0.1, 0.15) is 23.4 Å². The molecule has 1 aromatic heterocycles. The summed E-state index contributed by atoms with van der Waals surface area (Å²) in [5, 5.41) is 20.6. The van der Waals surface area contributed by atoms with Crippen LogP contribution >= 0.6 is 23.1 Å². The van der Waals surface area contributed by atoms with Gasteiger partial charge < -0.3 is 14.6 Å². The van der Waals surface area contributed by atoms with Crippen LogP contribution in [-0.2, 0) is 21.8 Å². The number of thioether (sulfide) groups is 1. The number of benzene rings is 3. The van der Waals surface area contributed by atoms with Gasteiger partial charge in [-0.3, -0.25) is 14.5 Å². The summed E-state index contributed by atoms with van der Waals surface area (Å²) in [5.74, 6) is 0.282. The molecule has 1 N–H and O–H groups in total. The van der Waals surface area contributed by atoms with Gasteiger partial charge in [0.15, 0.2) is 4.34 Å². The maximum Gasteiger partial charge on any atom is 0.301 e. The average Bonchev–Trinajstić information content (AvgIpc) is 3.71. The lowest BCUT2D eigenvalue weighted by Gasteiger charge is -2.23. The standard InChI is InChI=1S/C33H31N3O5S2/c1-3-4-15-40-25-12-8-11-22(18-25)28-27(29(37)23-13-14-26-24(17-23)16-20(2)41-26)30(38)31(39)36(28)32-34-35-33(43-32)42-19-21-9-6-5-7-10-21/h5-14,17-18,20,28,37H,3-4,15-16,19H2,1-2H3. The lowest BCUT2D eigenvalue weighted by Crippen LogP contribution is -2.29. The second-order valence-electron chi connectivity index (χ2n) is 10.5. The number of rotatable bonds is 10. The molecule has 2 unspecified atom stereocenters. The van der Waals surface area contributed by atoms with E-state index in [1.54, 1.807) is 12.1 Å². The van der Waals surface area contributed by atoms with Crippen LogP contribution in [0, 0.1) is 0 Å². The van der Waals surface area contributed by atoms with Crippen LogP contribution in [0.3, 0.4) is 0 Å². The normalized spacial score (nSPS) is 19.0. The number of Topliss-reactive ketones (excluding diaryl/α,β-unsaturated/α-hetero) is 1. The number of anilines is 1. The van der Waals surface area contributed by atoms with E-state index in [0.29, 0.717) is 40.0 Å². The van der Waals surface area contributed by atoms with Gasteiger partial charge in [0, 0.05) is 17.7 Å². The van der Waals surface area contributed by atoms with Crippen molar-refractivity contribution in [1.82, 2.24) is 10.2 Å². The molecule has 3 aromatic carbocycles. The number of aliphatic hydroxyl groups is 1. The largest absolute Gasteiger partial charge is 0.507 e. The summed E-state index contributed by atoms with van der Waals surface area (Å²) in [6.07, 6.45) is 2.61. The van der Waals surface area contributed by atoms with Crippen LogP contribution < -0.4 is 14.4 Å². The molecule has 0 saturated carbocycles. The van der Waals surface area contributed by atoms with Crippen molar-refractivity contribution in [2.45, 2.75) is 55.3 Å². The third kappa shape index (κ3) is 6.03. The fourth-order valence-electron chi connectivity index (χ4n) is 5.26. The molecule has 1 fully saturated rings. The number of hydrogen-bond donors (Lipinski definition) is 1. The number of ketones is 1. The van der Waals surface area contributed by atoms with Gasteiger partial charge in [-0.1, -0.05) is 78.9 Å². The highest BCUT2D eigenvalue weighted by molar-refractivity contribution is 8.00. The van der Waals surface area contributed by atoms with Gasteiger partial charge in [-0.2, -0.15) is 0 Å². The van der Waals surface area contributed by atoms with E-state index in [0.717, 1.165) is 29.7 Å². The van der Waals surface area contributed by atoms with E-state index in [2.05, 4.69) is 17.1 Å². The number of ether oxygens (including phenoxy) is 2. The molecule has 4 aromatic rings. The van der Waals surface area contributed by atoms with Gasteiger partial charge in [0.25, 0.3) is 5.78 Å². The lowest BCUT2D eigenvalue weighted by molar-refractivity contribution is -0.132. The number of aromatic nitrogens is 2. The fourth-order valence-corrected chi connectivity index (χ4v) is 7.08. The molecule has 3 heterocycles. The zero-order chi connectivity index (χ0) is 29.9. The summed E-state index contributed by atoms with van der Waals surface area (Å²) in [4.78, 5) is 28.7. The number of amides is 1. The number of carbonyl (C=O) groups is 2. The van der Waals surface area contributed by atoms with Gasteiger partial charge in [-0.05, 0) is 60.4 Å². The van der Waals surface area contributed by atoms with Gasteiger partial charge in [-0.25, -0.2) is 0 Å². The van der Waals surface area contributed by atoms with Crippen molar-refractivity contribution in [3.63, 3.8) is 0 Å². The summed E-state index contributed by atoms with van der Waals surface area (Å²) >= 11 is 2.75. The Morgan fingerprint density at radius 3 is 2.74 bits per heavy atom. The Morgan fingerprint density at radius 1 is 1.09 bits per heavy atom. The maximum absolute atomic E-state index is 13.7. The molecule has 220 valence electrons. The topological polar surface area (TPSA) is 102 Å². The summed E-state index contributed by atoms with van der Waals surface area (Å²) in [5.41, 5.74) is 3.15. The molecule has 1 amide bonds. The molecule has 0 bridgehead atoms. The first-order chi connectivity index (χ1) is 20.9. The van der Waals surface area contributed by atoms with Crippen molar-refractivity contribution in [1.29, 1.82) is 0 Å². The maximum atomic E-state index is 13.7. The van der Waals surface area contributed by atoms with E-state index in [-0.39, 0.29) is 22.6 Å². The fraction of sp³-hybridized carbons (Fsp3) is 0.273. The molecular formula is C33H31N3O5S2. The zero-order valence-corrected chi connectivity index (χ0v) is 25.5. The second-order valence-corrected chi connectivity index (χ2v) is 12.7. The minimum Gasteiger partial charge on any atom is -0.507 e. The van der Waals surface area contributed by atoms with E-state index in [1.807, 2.05) is 67.6 Å². The molecule has 2 atom stereocenters. The molecule has 8 nitrogen and oxygen atoms in total. The first-order valence-electron chi connectivity index (χ1n) is 14.3. The molecule has 43 heavy (non-hydrogen) atoms. The number of unbranched alkanes of at least 4 members (excludes halogenated alkanes) is 1. The number of fused-ring (bicyclic) bond motifs is 1. The highest BCUT2D eigenvalue weighted by atomic mass is 32.2. The Kier molecular flexibility index (Phi) is 8.49. The van der Waals surface area contributed by atoms with Crippen LogP contribution in [0.5, 0.6) is 11.5 Å². The third-order valence-corrected chi connectivity index (χ3v) is 9.49. The molecule has 2 aliphatic heterocycles. The average molecular weight is 614 g/mol. The number of carbonyl (C=O) groups excluding carboxylic acids is 2. The van der Waals surface area contributed by atoms with Crippen molar-refractivity contribution in [3.8, 4) is 11.5 Å². The van der Waals surface area contributed by atoms with Gasteiger partial charge in [0.2, 0.25) is 5.13 Å². The smallest absolute Gasteiger partial charge is 0.301 e. The van der Waals surface area contributed by atoms with Crippen LogP contribution in [0.2, 0.25) is 0 Å². The predicted octanol–water partition coefficient (Wildman–Crippen LogP) is 6.96. The van der Waals surface area contributed by atoms with Crippen molar-refractivity contribution in [2.75, 3.05) is 11.5 Å². The zero-order valence-electron chi connectivity index (χ0n) is 23.9. The molecule has 2 aliphatic rings. The van der Waals surface area contributed by atoms with E-state index in [1.165, 1.54) is 28.0 Å². The Labute approximate surface area is 258 Å². The lowest BCUT2D eigenvalue weighted by atomic mass is 9.94. The third-order valence-electron chi connectivity index (χ3n) is 7.36. The molecule has 10 heteroatoms. The van der Waals surface area contributed by atoms with E-state index in [9.17, 15) is 14.7 Å². The molecule has 0 spiro atoms. The van der Waals surface area contributed by atoms with Crippen LogP contribution in [-0.4, -0.2) is 39.7 Å². The summed E-state index contributed by atoms with van der Waals surface area (Å²) in [6, 6.07) is 21.7. The van der Waals surface area contributed by atoms with E-state index >= 15 is 0 Å². The predicted molar refractivity (Wildman–Crippen MR) is 168 cm³/mol. The second kappa shape index (κ2) is 12.6. The molecule has 0 aliphatic carbocycles. The quantitative estimate of drug-likeness (QED) is 0.0512. The SMILES string of the molecule is CCCCOc1cccc(C2C(=C(O)c3ccc4c(c3)CC(C)O4)C(=O)C(=O)N2c2nnc(SCc3ccccc3)s2)c1. The van der Waals surface area contributed by atoms with Crippen molar-refractivity contribution in [2.24, 2.45) is 0 Å². The summed E-state index contributed by atoms with van der Waals surface area (Å²) < 4.78 is 12.4. The Balaban J connectivity index is 1.39. The van der Waals surface area contributed by atoms with E-state index in [4.69, 9.17) is 9.47 Å². The Bertz CT molecular complexity index is 1690. The molecular weight excluding hydrogens is 583 g/mol. The first kappa shape index (κ1) is 28.9. The van der Waals surface area contributed by atoms with Gasteiger partial charge >= 0.3 is 5.91 Å². The Morgan fingerprint density at radius 2 is 1.93 bits per heavy atom.